The fraction of sp³-hybridized carbons (Fsp3) is 0.286. The number of halogens is 1. The zero-order valence-corrected chi connectivity index (χ0v) is 21.1. The van der Waals surface area contributed by atoms with Gasteiger partial charge in [-0.15, -0.1) is 0 Å². The molecule has 0 saturated heterocycles. The van der Waals surface area contributed by atoms with E-state index in [1.807, 2.05) is 50.2 Å². The molecule has 6 nitrogen and oxygen atoms in total. The maximum absolute atomic E-state index is 13.3. The number of carbonyl (C=O) groups excluding carboxylic acids is 1. The van der Waals surface area contributed by atoms with Crippen molar-refractivity contribution in [2.24, 2.45) is 0 Å². The lowest BCUT2D eigenvalue weighted by atomic mass is 9.80. The van der Waals surface area contributed by atoms with Gasteiger partial charge in [-0.1, -0.05) is 18.2 Å². The molecule has 2 aromatic heterocycles. The second-order valence-corrected chi connectivity index (χ2v) is 8.85. The third-order valence-electron chi connectivity index (χ3n) is 6.77. The zero-order chi connectivity index (χ0) is 24.7. The van der Waals surface area contributed by atoms with Crippen LogP contribution in [0.1, 0.15) is 53.6 Å². The van der Waals surface area contributed by atoms with Crippen molar-refractivity contribution < 1.29 is 14.3 Å². The molecule has 3 heterocycles. The first-order valence-electron chi connectivity index (χ1n) is 12.0. The highest BCUT2D eigenvalue weighted by molar-refractivity contribution is 6.20. The predicted molar refractivity (Wildman–Crippen MR) is 139 cm³/mol. The van der Waals surface area contributed by atoms with Gasteiger partial charge in [-0.05, 0) is 58.0 Å². The van der Waals surface area contributed by atoms with Crippen molar-refractivity contribution >= 4 is 34.3 Å². The van der Waals surface area contributed by atoms with Crippen LogP contribution in [0.2, 0.25) is 0 Å². The molecule has 0 radical (unpaired) electrons. The molecule has 7 heteroatoms. The molecule has 0 aliphatic carbocycles. The fourth-order valence-corrected chi connectivity index (χ4v) is 5.45. The largest absolute Gasteiger partial charge is 0.493 e. The Morgan fingerprint density at radius 2 is 1.86 bits per heavy atom. The average molecular weight is 490 g/mol. The first-order chi connectivity index (χ1) is 17.0. The van der Waals surface area contributed by atoms with Gasteiger partial charge in [0.25, 0.3) is 0 Å². The Labute approximate surface area is 210 Å². The summed E-state index contributed by atoms with van der Waals surface area (Å²) < 4.78 is 14.2. The lowest BCUT2D eigenvalue weighted by Gasteiger charge is -2.32. The number of esters is 1. The molecule has 2 aromatic carbocycles. The van der Waals surface area contributed by atoms with Crippen LogP contribution in [0.5, 0.6) is 5.75 Å². The Morgan fingerprint density at radius 1 is 1.09 bits per heavy atom. The number of benzene rings is 2. The van der Waals surface area contributed by atoms with Crippen molar-refractivity contribution in [3.05, 3.63) is 88.9 Å². The summed E-state index contributed by atoms with van der Waals surface area (Å²) >= 11 is 6.76. The fourth-order valence-electron chi connectivity index (χ4n) is 5.22. The zero-order valence-electron chi connectivity index (χ0n) is 20.3. The number of hydrogen-bond acceptors (Lipinski definition) is 5. The standard InChI is InChI=1S/C28H28ClN3O3/c1-5-31(6-2)19-14-15-22(24(17-19)34-7-3)28(26-21(27(33)35-28)12-10-16-30-26)25-18(4)32(29)23-13-9-8-11-20(23)25/h8-17H,5-7H2,1-4H3. The summed E-state index contributed by atoms with van der Waals surface area (Å²) in [5.74, 6) is 0.225. The minimum atomic E-state index is -1.32. The van der Waals surface area contributed by atoms with Crippen LogP contribution in [-0.4, -0.2) is 34.7 Å². The van der Waals surface area contributed by atoms with Gasteiger partial charge < -0.3 is 14.4 Å². The van der Waals surface area contributed by atoms with Gasteiger partial charge in [-0.25, -0.2) is 4.79 Å². The van der Waals surface area contributed by atoms with Gasteiger partial charge in [0.05, 0.1) is 17.7 Å². The lowest BCUT2D eigenvalue weighted by molar-refractivity contribution is 0.0238. The van der Waals surface area contributed by atoms with Crippen LogP contribution < -0.4 is 9.64 Å². The van der Waals surface area contributed by atoms with E-state index in [-0.39, 0.29) is 0 Å². The van der Waals surface area contributed by atoms with Crippen molar-refractivity contribution in [1.82, 2.24) is 9.07 Å². The number of fused-ring (bicyclic) bond motifs is 2. The molecule has 0 bridgehead atoms. The minimum absolute atomic E-state index is 0.422. The molecule has 0 saturated carbocycles. The second kappa shape index (κ2) is 8.93. The van der Waals surface area contributed by atoms with E-state index in [1.165, 1.54) is 0 Å². The second-order valence-electron chi connectivity index (χ2n) is 8.51. The molecule has 35 heavy (non-hydrogen) atoms. The lowest BCUT2D eigenvalue weighted by Crippen LogP contribution is -2.32. The summed E-state index contributed by atoms with van der Waals surface area (Å²) in [7, 11) is 0. The van der Waals surface area contributed by atoms with E-state index in [9.17, 15) is 4.79 Å². The summed E-state index contributed by atoms with van der Waals surface area (Å²) in [5.41, 5.74) is 3.81. The first kappa shape index (κ1) is 23.2. The monoisotopic (exact) mass is 489 g/mol. The number of rotatable bonds is 7. The van der Waals surface area contributed by atoms with E-state index >= 15 is 0 Å². The molecule has 0 N–H and O–H groups in total. The van der Waals surface area contributed by atoms with E-state index in [0.29, 0.717) is 23.6 Å². The topological polar surface area (TPSA) is 56.6 Å². The highest BCUT2D eigenvalue weighted by atomic mass is 35.5. The number of pyridine rings is 1. The number of hydrogen-bond donors (Lipinski definition) is 0. The molecule has 180 valence electrons. The maximum atomic E-state index is 13.3. The highest BCUT2D eigenvalue weighted by Crippen LogP contribution is 2.53. The Hall–Kier alpha value is -3.51. The van der Waals surface area contributed by atoms with E-state index in [4.69, 9.17) is 26.2 Å². The van der Waals surface area contributed by atoms with Crippen LogP contribution in [0.15, 0.2) is 60.8 Å². The molecule has 1 aliphatic rings. The molecule has 0 spiro atoms. The summed E-state index contributed by atoms with van der Waals surface area (Å²) in [5, 5.41) is 0.890. The minimum Gasteiger partial charge on any atom is -0.493 e. The normalized spacial score (nSPS) is 16.9. The van der Waals surface area contributed by atoms with Crippen LogP contribution >= 0.6 is 11.8 Å². The molecule has 1 unspecified atom stereocenters. The van der Waals surface area contributed by atoms with E-state index in [1.54, 1.807) is 22.4 Å². The summed E-state index contributed by atoms with van der Waals surface area (Å²) in [4.78, 5) is 20.2. The molecule has 0 amide bonds. The average Bonchev–Trinajstić information content (AvgIpc) is 3.31. The van der Waals surface area contributed by atoms with Crippen molar-refractivity contribution in [3.63, 3.8) is 0 Å². The van der Waals surface area contributed by atoms with Gasteiger partial charge in [0, 0.05) is 65.0 Å². The van der Waals surface area contributed by atoms with Gasteiger partial charge in [-0.2, -0.15) is 0 Å². The van der Waals surface area contributed by atoms with E-state index < -0.39 is 11.6 Å². The van der Waals surface area contributed by atoms with Crippen molar-refractivity contribution in [1.29, 1.82) is 0 Å². The first-order valence-corrected chi connectivity index (χ1v) is 12.3. The Kier molecular flexibility index (Phi) is 5.93. The molecule has 1 atom stereocenters. The van der Waals surface area contributed by atoms with E-state index in [0.717, 1.165) is 46.5 Å². The van der Waals surface area contributed by atoms with Crippen LogP contribution in [0.25, 0.3) is 10.9 Å². The van der Waals surface area contributed by atoms with Gasteiger partial charge in [-0.3, -0.25) is 9.07 Å². The quantitative estimate of drug-likeness (QED) is 0.295. The SMILES string of the molecule is CCOc1cc(N(CC)CC)ccc1C1(c2c(C)n(Cl)c3ccccc23)OC(=O)c2cccnc21. The van der Waals surface area contributed by atoms with Crippen molar-refractivity contribution in [2.45, 2.75) is 33.3 Å². The predicted octanol–water partition coefficient (Wildman–Crippen LogP) is 6.05. The molecule has 5 rings (SSSR count). The van der Waals surface area contributed by atoms with Gasteiger partial charge in [0.15, 0.2) is 0 Å². The molecule has 0 fully saturated rings. The Balaban J connectivity index is 1.89. The number of aromatic nitrogens is 2. The van der Waals surface area contributed by atoms with Crippen molar-refractivity contribution in [2.75, 3.05) is 24.6 Å². The Morgan fingerprint density at radius 3 is 2.60 bits per heavy atom. The van der Waals surface area contributed by atoms with Crippen LogP contribution in [0, 0.1) is 6.92 Å². The van der Waals surface area contributed by atoms with Gasteiger partial charge >= 0.3 is 5.97 Å². The molecule has 1 aliphatic heterocycles. The van der Waals surface area contributed by atoms with E-state index in [2.05, 4.69) is 24.8 Å². The number of nitrogens with zero attached hydrogens (tertiary/aromatic N) is 3. The number of para-hydroxylation sites is 1. The number of ether oxygens (including phenoxy) is 2. The Bertz CT molecular complexity index is 1430. The molecular weight excluding hydrogens is 462 g/mol. The number of anilines is 1. The third-order valence-corrected chi connectivity index (χ3v) is 7.21. The summed E-state index contributed by atoms with van der Waals surface area (Å²) in [6.45, 7) is 10.3. The van der Waals surface area contributed by atoms with Crippen molar-refractivity contribution in [3.8, 4) is 5.75 Å². The smallest absolute Gasteiger partial charge is 0.341 e. The molecular formula is C28H28ClN3O3. The van der Waals surface area contributed by atoms with Crippen LogP contribution in [0.3, 0.4) is 0 Å². The number of cyclic esters (lactones) is 1. The van der Waals surface area contributed by atoms with Gasteiger partial charge in [0.1, 0.15) is 11.4 Å². The summed E-state index contributed by atoms with van der Waals surface area (Å²) in [6, 6.07) is 17.4. The maximum Gasteiger partial charge on any atom is 0.341 e. The van der Waals surface area contributed by atoms with Crippen LogP contribution in [0.4, 0.5) is 5.69 Å². The molecule has 4 aromatic rings. The summed E-state index contributed by atoms with van der Waals surface area (Å²) in [6.07, 6.45) is 1.69. The highest BCUT2D eigenvalue weighted by Gasteiger charge is 2.54. The van der Waals surface area contributed by atoms with Gasteiger partial charge in [0.2, 0.25) is 5.60 Å². The van der Waals surface area contributed by atoms with Crippen LogP contribution in [-0.2, 0) is 10.3 Å². The third kappa shape index (κ3) is 3.39. The number of carbonyl (C=O) groups is 1.